The van der Waals surface area contributed by atoms with Gasteiger partial charge in [0.1, 0.15) is 0 Å². The van der Waals surface area contributed by atoms with Gasteiger partial charge in [0, 0.05) is 23.7 Å². The van der Waals surface area contributed by atoms with Gasteiger partial charge in [-0.25, -0.2) is 0 Å². The zero-order valence-corrected chi connectivity index (χ0v) is 11.7. The molecule has 1 aromatic carbocycles. The van der Waals surface area contributed by atoms with Crippen molar-refractivity contribution in [3.63, 3.8) is 0 Å². The molecule has 4 heteroatoms. The van der Waals surface area contributed by atoms with Crippen molar-refractivity contribution in [3.05, 3.63) is 34.3 Å². The lowest BCUT2D eigenvalue weighted by Gasteiger charge is -2.15. The second-order valence-electron chi connectivity index (χ2n) is 5.91. The van der Waals surface area contributed by atoms with Gasteiger partial charge in [0.05, 0.1) is 0 Å². The molecule has 3 nitrogen and oxygen atoms in total. The van der Waals surface area contributed by atoms with Crippen LogP contribution in [0.25, 0.3) is 0 Å². The standard InChI is InChI=1S/C15H19ClN2O/c16-13-7-10(14(17)19)1-2-11(13)8-18-9-15(5-6-15)12-3-4-12/h1-2,7,12,18H,3-6,8-9H2,(H2,17,19). The minimum Gasteiger partial charge on any atom is -0.366 e. The summed E-state index contributed by atoms with van der Waals surface area (Å²) in [5, 5.41) is 4.13. The summed E-state index contributed by atoms with van der Waals surface area (Å²) in [6.07, 6.45) is 5.57. The molecule has 0 saturated heterocycles. The highest BCUT2D eigenvalue weighted by molar-refractivity contribution is 6.31. The smallest absolute Gasteiger partial charge is 0.248 e. The molecular weight excluding hydrogens is 260 g/mol. The molecule has 2 fully saturated rings. The number of amides is 1. The van der Waals surface area contributed by atoms with Gasteiger partial charge in [0.2, 0.25) is 5.91 Å². The molecule has 102 valence electrons. The number of benzene rings is 1. The maximum absolute atomic E-state index is 11.0. The van der Waals surface area contributed by atoms with Gasteiger partial charge in [-0.15, -0.1) is 0 Å². The van der Waals surface area contributed by atoms with Crippen molar-refractivity contribution in [1.29, 1.82) is 0 Å². The summed E-state index contributed by atoms with van der Waals surface area (Å²) in [7, 11) is 0. The molecule has 0 unspecified atom stereocenters. The summed E-state index contributed by atoms with van der Waals surface area (Å²) in [4.78, 5) is 11.0. The van der Waals surface area contributed by atoms with E-state index in [4.69, 9.17) is 17.3 Å². The molecule has 0 bridgehead atoms. The van der Waals surface area contributed by atoms with Crippen LogP contribution in [-0.4, -0.2) is 12.5 Å². The normalized spacial score (nSPS) is 20.3. The van der Waals surface area contributed by atoms with Crippen LogP contribution in [0.5, 0.6) is 0 Å². The predicted octanol–water partition coefficient (Wildman–Crippen LogP) is 2.72. The summed E-state index contributed by atoms with van der Waals surface area (Å²) in [5.41, 5.74) is 7.31. The maximum atomic E-state index is 11.0. The third-order valence-electron chi connectivity index (χ3n) is 4.47. The molecule has 0 aliphatic heterocycles. The van der Waals surface area contributed by atoms with E-state index in [0.29, 0.717) is 16.0 Å². The average molecular weight is 279 g/mol. The highest BCUT2D eigenvalue weighted by atomic mass is 35.5. The van der Waals surface area contributed by atoms with Crippen molar-refractivity contribution in [3.8, 4) is 0 Å². The number of nitrogens with one attached hydrogen (secondary N) is 1. The fourth-order valence-electron chi connectivity index (χ4n) is 2.88. The molecule has 2 saturated carbocycles. The molecule has 19 heavy (non-hydrogen) atoms. The first-order chi connectivity index (χ1) is 9.11. The van der Waals surface area contributed by atoms with Crippen LogP contribution in [0.1, 0.15) is 41.6 Å². The zero-order chi connectivity index (χ0) is 13.5. The van der Waals surface area contributed by atoms with Crippen molar-refractivity contribution < 1.29 is 4.79 Å². The van der Waals surface area contributed by atoms with E-state index >= 15 is 0 Å². The van der Waals surface area contributed by atoms with Crippen molar-refractivity contribution in [2.24, 2.45) is 17.1 Å². The topological polar surface area (TPSA) is 55.1 Å². The molecule has 0 atom stereocenters. The second kappa shape index (κ2) is 4.80. The lowest BCUT2D eigenvalue weighted by Crippen LogP contribution is -2.25. The van der Waals surface area contributed by atoms with Gasteiger partial charge in [0.15, 0.2) is 0 Å². The number of hydrogen-bond donors (Lipinski definition) is 2. The van der Waals surface area contributed by atoms with Gasteiger partial charge in [-0.2, -0.15) is 0 Å². The van der Waals surface area contributed by atoms with Crippen LogP contribution in [0.4, 0.5) is 0 Å². The summed E-state index contributed by atoms with van der Waals surface area (Å²) < 4.78 is 0. The van der Waals surface area contributed by atoms with Crippen LogP contribution in [-0.2, 0) is 6.54 Å². The summed E-state index contributed by atoms with van der Waals surface area (Å²) in [6.45, 7) is 1.85. The van der Waals surface area contributed by atoms with Crippen molar-refractivity contribution >= 4 is 17.5 Å². The molecule has 0 radical (unpaired) electrons. The minimum atomic E-state index is -0.438. The Morgan fingerprint density at radius 2 is 2.16 bits per heavy atom. The van der Waals surface area contributed by atoms with Gasteiger partial charge in [0.25, 0.3) is 0 Å². The SMILES string of the molecule is NC(=O)c1ccc(CNCC2(C3CC3)CC2)c(Cl)c1. The summed E-state index contributed by atoms with van der Waals surface area (Å²) in [5.74, 6) is 0.528. The van der Waals surface area contributed by atoms with E-state index in [9.17, 15) is 4.79 Å². The molecule has 0 spiro atoms. The third kappa shape index (κ3) is 2.77. The average Bonchev–Trinajstić information content (AvgIpc) is 3.24. The predicted molar refractivity (Wildman–Crippen MR) is 76.1 cm³/mol. The van der Waals surface area contributed by atoms with Crippen LogP contribution < -0.4 is 11.1 Å². The first-order valence-electron chi connectivity index (χ1n) is 6.90. The van der Waals surface area contributed by atoms with Crippen LogP contribution in [0.2, 0.25) is 5.02 Å². The number of hydrogen-bond acceptors (Lipinski definition) is 2. The number of primary amides is 1. The quantitative estimate of drug-likeness (QED) is 0.841. The van der Waals surface area contributed by atoms with Crippen LogP contribution in [0, 0.1) is 11.3 Å². The first kappa shape index (κ1) is 12.9. The fourth-order valence-corrected chi connectivity index (χ4v) is 3.12. The minimum absolute atomic E-state index is 0.438. The third-order valence-corrected chi connectivity index (χ3v) is 4.82. The van der Waals surface area contributed by atoms with Crippen molar-refractivity contribution in [2.45, 2.75) is 32.2 Å². The number of carbonyl (C=O) groups is 1. The van der Waals surface area contributed by atoms with Crippen molar-refractivity contribution in [2.75, 3.05) is 6.54 Å². The van der Waals surface area contributed by atoms with Gasteiger partial charge in [-0.3, -0.25) is 4.79 Å². The molecule has 3 rings (SSSR count). The summed E-state index contributed by atoms with van der Waals surface area (Å²) >= 11 is 6.17. The number of halogens is 1. The maximum Gasteiger partial charge on any atom is 0.248 e. The number of nitrogens with two attached hydrogens (primary N) is 1. The molecule has 2 aliphatic carbocycles. The monoisotopic (exact) mass is 278 g/mol. The highest BCUT2D eigenvalue weighted by Gasteiger charge is 2.53. The molecule has 1 amide bonds. The Morgan fingerprint density at radius 1 is 1.42 bits per heavy atom. The van der Waals surface area contributed by atoms with E-state index in [1.807, 2.05) is 6.07 Å². The van der Waals surface area contributed by atoms with Gasteiger partial charge in [-0.05, 0) is 54.7 Å². The fraction of sp³-hybridized carbons (Fsp3) is 0.533. The summed E-state index contributed by atoms with van der Waals surface area (Å²) in [6, 6.07) is 5.26. The molecule has 3 N–H and O–H groups in total. The van der Waals surface area contributed by atoms with Crippen molar-refractivity contribution in [1.82, 2.24) is 5.32 Å². The Bertz CT molecular complexity index is 507. The molecular formula is C15H19ClN2O. The van der Waals surface area contributed by atoms with E-state index in [-0.39, 0.29) is 0 Å². The second-order valence-corrected chi connectivity index (χ2v) is 6.32. The lowest BCUT2D eigenvalue weighted by molar-refractivity contribution is 0.100. The lowest BCUT2D eigenvalue weighted by atomic mass is 10.0. The van der Waals surface area contributed by atoms with Crippen LogP contribution in [0.3, 0.4) is 0 Å². The van der Waals surface area contributed by atoms with Gasteiger partial charge < -0.3 is 11.1 Å². The Balaban J connectivity index is 1.56. The van der Waals surface area contributed by atoms with Crippen LogP contribution in [0.15, 0.2) is 18.2 Å². The molecule has 2 aliphatic rings. The first-order valence-corrected chi connectivity index (χ1v) is 7.27. The number of rotatable bonds is 6. The van der Waals surface area contributed by atoms with Crippen LogP contribution >= 0.6 is 11.6 Å². The molecule has 0 aromatic heterocycles. The van der Waals surface area contributed by atoms with E-state index in [0.717, 1.165) is 24.6 Å². The number of carbonyl (C=O) groups excluding carboxylic acids is 1. The largest absolute Gasteiger partial charge is 0.366 e. The van der Waals surface area contributed by atoms with Gasteiger partial charge in [-0.1, -0.05) is 17.7 Å². The van der Waals surface area contributed by atoms with E-state index < -0.39 is 5.91 Å². The highest BCUT2D eigenvalue weighted by Crippen LogP contribution is 2.60. The molecule has 0 heterocycles. The Labute approximate surface area is 118 Å². The zero-order valence-electron chi connectivity index (χ0n) is 10.9. The Kier molecular flexibility index (Phi) is 3.27. The van der Waals surface area contributed by atoms with Gasteiger partial charge >= 0.3 is 0 Å². The Hall–Kier alpha value is -1.06. The van der Waals surface area contributed by atoms with E-state index in [1.54, 1.807) is 12.1 Å². The Morgan fingerprint density at radius 3 is 2.68 bits per heavy atom. The van der Waals surface area contributed by atoms with E-state index in [1.165, 1.54) is 25.7 Å². The van der Waals surface area contributed by atoms with E-state index in [2.05, 4.69) is 5.32 Å². The molecule has 1 aromatic rings.